The summed E-state index contributed by atoms with van der Waals surface area (Å²) in [4.78, 5) is 40.3. The normalized spacial score (nSPS) is 24.0. The number of nitrogens with two attached hydrogens (primary N) is 1. The van der Waals surface area contributed by atoms with Crippen LogP contribution in [0.15, 0.2) is 18.2 Å². The van der Waals surface area contributed by atoms with E-state index < -0.39 is 6.04 Å². The van der Waals surface area contributed by atoms with Crippen molar-refractivity contribution < 1.29 is 14.4 Å². The first-order chi connectivity index (χ1) is 12.9. The van der Waals surface area contributed by atoms with Gasteiger partial charge in [-0.05, 0) is 49.9 Å². The highest BCUT2D eigenvalue weighted by atomic mass is 16.2. The van der Waals surface area contributed by atoms with Crippen LogP contribution in [0.3, 0.4) is 0 Å². The van der Waals surface area contributed by atoms with Crippen molar-refractivity contribution in [2.75, 3.05) is 13.6 Å². The number of hydrogen-bond donors (Lipinski definition) is 2. The average molecular weight is 370 g/mol. The maximum Gasteiger partial charge on any atom is 0.255 e. The molecule has 1 atom stereocenters. The van der Waals surface area contributed by atoms with E-state index in [1.54, 1.807) is 4.90 Å². The molecule has 3 aliphatic rings. The number of rotatable bonds is 5. The number of hydrogen-bond acceptors (Lipinski definition) is 5. The summed E-state index contributed by atoms with van der Waals surface area (Å²) in [5.41, 5.74) is 8.76. The molecular weight excluding hydrogens is 344 g/mol. The molecule has 4 rings (SSSR count). The minimum absolute atomic E-state index is 0.0851. The van der Waals surface area contributed by atoms with Crippen LogP contribution < -0.4 is 11.1 Å². The van der Waals surface area contributed by atoms with E-state index in [2.05, 4.69) is 23.3 Å². The van der Waals surface area contributed by atoms with Crippen LogP contribution in [0.2, 0.25) is 0 Å². The van der Waals surface area contributed by atoms with Gasteiger partial charge in [0.05, 0.1) is 0 Å². The molecule has 2 heterocycles. The van der Waals surface area contributed by atoms with Crippen molar-refractivity contribution in [3.63, 3.8) is 0 Å². The largest absolute Gasteiger partial charge is 0.329 e. The zero-order valence-corrected chi connectivity index (χ0v) is 15.7. The Labute approximate surface area is 158 Å². The van der Waals surface area contributed by atoms with Crippen LogP contribution in [-0.2, 0) is 22.7 Å². The lowest BCUT2D eigenvalue weighted by Crippen LogP contribution is -2.56. The van der Waals surface area contributed by atoms with Crippen molar-refractivity contribution in [3.05, 3.63) is 34.9 Å². The first-order valence-electron chi connectivity index (χ1n) is 9.61. The minimum Gasteiger partial charge on any atom is -0.329 e. The van der Waals surface area contributed by atoms with Crippen LogP contribution in [0.1, 0.15) is 53.6 Å². The molecule has 7 nitrogen and oxygen atoms in total. The zero-order chi connectivity index (χ0) is 19.2. The van der Waals surface area contributed by atoms with Gasteiger partial charge in [-0.25, -0.2) is 0 Å². The van der Waals surface area contributed by atoms with Crippen molar-refractivity contribution in [2.45, 2.75) is 56.8 Å². The van der Waals surface area contributed by atoms with Gasteiger partial charge < -0.3 is 10.6 Å². The van der Waals surface area contributed by atoms with Crippen LogP contribution in [0, 0.1) is 0 Å². The SMILES string of the molecule is CN(Cc1ccc2c(c1)C(=O)N(C1CCC(=O)NC1=O)C2)C1(CN)CCC1. The van der Waals surface area contributed by atoms with E-state index in [0.717, 1.165) is 30.5 Å². The average Bonchev–Trinajstić information content (AvgIpc) is 2.91. The van der Waals surface area contributed by atoms with E-state index in [0.29, 0.717) is 25.1 Å². The Bertz CT molecular complexity index is 797. The lowest BCUT2D eigenvalue weighted by molar-refractivity contribution is -0.136. The van der Waals surface area contributed by atoms with Gasteiger partial charge >= 0.3 is 0 Å². The van der Waals surface area contributed by atoms with E-state index in [4.69, 9.17) is 5.73 Å². The number of benzene rings is 1. The topological polar surface area (TPSA) is 95.7 Å². The van der Waals surface area contributed by atoms with Gasteiger partial charge in [0.15, 0.2) is 0 Å². The molecule has 0 radical (unpaired) electrons. The number of amides is 3. The number of nitrogens with zero attached hydrogens (tertiary/aromatic N) is 2. The number of likely N-dealkylation sites (N-methyl/N-ethyl adjacent to an activating group) is 1. The third-order valence-electron chi connectivity index (χ3n) is 6.49. The molecule has 3 amide bonds. The number of fused-ring (bicyclic) bond motifs is 1. The Morgan fingerprint density at radius 1 is 1.30 bits per heavy atom. The van der Waals surface area contributed by atoms with Gasteiger partial charge in [-0.15, -0.1) is 0 Å². The number of imide groups is 1. The van der Waals surface area contributed by atoms with Gasteiger partial charge in [0, 0.05) is 37.2 Å². The van der Waals surface area contributed by atoms with E-state index in [1.807, 2.05) is 12.1 Å². The number of nitrogens with one attached hydrogen (secondary N) is 1. The molecule has 144 valence electrons. The summed E-state index contributed by atoms with van der Waals surface area (Å²) in [5, 5.41) is 2.34. The standard InChI is InChI=1S/C20H26N4O3/c1-23(20(12-21)7-2-8-20)10-13-3-4-14-11-24(19(27)15(14)9-13)16-5-6-17(25)22-18(16)26/h3-4,9,16H,2,5-8,10-12,21H2,1H3,(H,22,25,26). The van der Waals surface area contributed by atoms with Gasteiger partial charge in [0.25, 0.3) is 5.91 Å². The molecule has 1 aromatic rings. The van der Waals surface area contributed by atoms with E-state index in [-0.39, 0.29) is 29.7 Å². The summed E-state index contributed by atoms with van der Waals surface area (Å²) in [6, 6.07) is 5.42. The lowest BCUT2D eigenvalue weighted by atomic mass is 9.75. The molecule has 27 heavy (non-hydrogen) atoms. The molecule has 7 heteroatoms. The minimum atomic E-state index is -0.566. The third-order valence-corrected chi connectivity index (χ3v) is 6.49. The van der Waals surface area contributed by atoms with Gasteiger partial charge in [-0.2, -0.15) is 0 Å². The smallest absolute Gasteiger partial charge is 0.255 e. The first kappa shape index (κ1) is 18.1. The van der Waals surface area contributed by atoms with Crippen molar-refractivity contribution >= 4 is 17.7 Å². The summed E-state index contributed by atoms with van der Waals surface area (Å²) in [7, 11) is 2.09. The number of carbonyl (C=O) groups is 3. The Hall–Kier alpha value is -2.25. The highest BCUT2D eigenvalue weighted by Gasteiger charge is 2.41. The Kier molecular flexibility index (Phi) is 4.52. The fourth-order valence-corrected chi connectivity index (χ4v) is 4.47. The molecule has 1 saturated carbocycles. The maximum absolute atomic E-state index is 12.9. The van der Waals surface area contributed by atoms with Crippen LogP contribution in [0.5, 0.6) is 0 Å². The van der Waals surface area contributed by atoms with Crippen LogP contribution in [-0.4, -0.2) is 52.7 Å². The van der Waals surface area contributed by atoms with Crippen molar-refractivity contribution in [1.29, 1.82) is 0 Å². The van der Waals surface area contributed by atoms with Crippen LogP contribution in [0.4, 0.5) is 0 Å². The van der Waals surface area contributed by atoms with Gasteiger partial charge in [0.1, 0.15) is 6.04 Å². The molecule has 0 aromatic heterocycles. The second kappa shape index (κ2) is 6.73. The van der Waals surface area contributed by atoms with Crippen molar-refractivity contribution in [2.24, 2.45) is 5.73 Å². The second-order valence-electron chi connectivity index (χ2n) is 8.03. The summed E-state index contributed by atoms with van der Waals surface area (Å²) >= 11 is 0. The van der Waals surface area contributed by atoms with E-state index in [1.165, 1.54) is 6.42 Å². The van der Waals surface area contributed by atoms with E-state index >= 15 is 0 Å². The zero-order valence-electron chi connectivity index (χ0n) is 15.7. The summed E-state index contributed by atoms with van der Waals surface area (Å²) in [6.07, 6.45) is 4.11. The van der Waals surface area contributed by atoms with Crippen LogP contribution >= 0.6 is 0 Å². The van der Waals surface area contributed by atoms with E-state index in [9.17, 15) is 14.4 Å². The molecule has 2 aliphatic heterocycles. The predicted octanol–water partition coefficient (Wildman–Crippen LogP) is 0.761. The summed E-state index contributed by atoms with van der Waals surface area (Å²) in [6.45, 7) is 1.82. The molecule has 1 aromatic carbocycles. The Morgan fingerprint density at radius 2 is 2.07 bits per heavy atom. The number of piperidine rings is 1. The fourth-order valence-electron chi connectivity index (χ4n) is 4.47. The maximum atomic E-state index is 12.9. The molecule has 2 fully saturated rings. The molecule has 0 bridgehead atoms. The summed E-state index contributed by atoms with van der Waals surface area (Å²) in [5.74, 6) is -0.765. The Balaban J connectivity index is 1.50. The third kappa shape index (κ3) is 3.04. The molecule has 3 N–H and O–H groups in total. The molecular formula is C20H26N4O3. The lowest BCUT2D eigenvalue weighted by Gasteiger charge is -2.48. The first-order valence-corrected chi connectivity index (χ1v) is 9.61. The molecule has 0 spiro atoms. The van der Waals surface area contributed by atoms with Gasteiger partial charge in [-0.1, -0.05) is 12.1 Å². The van der Waals surface area contributed by atoms with Gasteiger partial charge in [0.2, 0.25) is 11.8 Å². The van der Waals surface area contributed by atoms with Crippen LogP contribution in [0.25, 0.3) is 0 Å². The van der Waals surface area contributed by atoms with Crippen molar-refractivity contribution in [1.82, 2.24) is 15.1 Å². The fraction of sp³-hybridized carbons (Fsp3) is 0.550. The van der Waals surface area contributed by atoms with Gasteiger partial charge in [-0.3, -0.25) is 24.6 Å². The molecule has 1 aliphatic carbocycles. The van der Waals surface area contributed by atoms with Crippen molar-refractivity contribution in [3.8, 4) is 0 Å². The Morgan fingerprint density at radius 3 is 2.70 bits per heavy atom. The highest BCUT2D eigenvalue weighted by molar-refractivity contribution is 6.05. The molecule has 1 saturated heterocycles. The highest BCUT2D eigenvalue weighted by Crippen LogP contribution is 2.37. The molecule has 1 unspecified atom stereocenters. The predicted molar refractivity (Wildman–Crippen MR) is 99.6 cm³/mol. The number of carbonyl (C=O) groups excluding carboxylic acids is 3. The quantitative estimate of drug-likeness (QED) is 0.746. The second-order valence-corrected chi connectivity index (χ2v) is 8.03. The monoisotopic (exact) mass is 370 g/mol. The summed E-state index contributed by atoms with van der Waals surface area (Å²) < 4.78 is 0.